The molecule has 0 bridgehead atoms. The second kappa shape index (κ2) is 7.66. The highest BCUT2D eigenvalue weighted by molar-refractivity contribution is 6.30. The maximum Gasteiger partial charge on any atom is 0.418 e. The zero-order chi connectivity index (χ0) is 16.0. The molecule has 21 heavy (non-hydrogen) atoms. The molecule has 0 spiro atoms. The Balaban J connectivity index is 2.98. The molecule has 0 amide bonds. The van der Waals surface area contributed by atoms with Crippen molar-refractivity contribution in [1.82, 2.24) is 0 Å². The summed E-state index contributed by atoms with van der Waals surface area (Å²) in [6.45, 7) is 3.21. The second-order valence-corrected chi connectivity index (χ2v) is 4.69. The van der Waals surface area contributed by atoms with Crippen LogP contribution in [0.2, 0.25) is 5.02 Å². The highest BCUT2D eigenvalue weighted by Crippen LogP contribution is 2.37. The van der Waals surface area contributed by atoms with E-state index in [1.54, 1.807) is 13.8 Å². The van der Waals surface area contributed by atoms with Gasteiger partial charge in [-0.25, -0.2) is 4.79 Å². The van der Waals surface area contributed by atoms with Crippen LogP contribution >= 0.6 is 11.6 Å². The van der Waals surface area contributed by atoms with Crippen molar-refractivity contribution in [3.05, 3.63) is 34.9 Å². The summed E-state index contributed by atoms with van der Waals surface area (Å²) in [7, 11) is 0. The third-order valence-electron chi connectivity index (χ3n) is 2.69. The van der Waals surface area contributed by atoms with Crippen molar-refractivity contribution in [3.63, 3.8) is 0 Å². The van der Waals surface area contributed by atoms with Crippen LogP contribution in [-0.4, -0.2) is 24.9 Å². The molecule has 2 unspecified atom stereocenters. The minimum Gasteiger partial charge on any atom is -0.464 e. The van der Waals surface area contributed by atoms with Crippen molar-refractivity contribution in [2.45, 2.75) is 38.7 Å². The van der Waals surface area contributed by atoms with Crippen molar-refractivity contribution >= 4 is 17.6 Å². The van der Waals surface area contributed by atoms with E-state index in [1.165, 1.54) is 24.3 Å². The van der Waals surface area contributed by atoms with E-state index in [1.807, 2.05) is 0 Å². The van der Waals surface area contributed by atoms with Crippen LogP contribution in [0.1, 0.15) is 31.9 Å². The minimum absolute atomic E-state index is 0.0797. The molecule has 0 aliphatic carbocycles. The summed E-state index contributed by atoms with van der Waals surface area (Å²) >= 11 is 5.66. The zero-order valence-corrected chi connectivity index (χ0v) is 12.4. The molecule has 0 aliphatic rings. The Labute approximate surface area is 126 Å². The Kier molecular flexibility index (Phi) is 6.48. The largest absolute Gasteiger partial charge is 0.464 e. The SMILES string of the molecule is CCOC(=O)C(CC)OC(c1ccc(Cl)cc1)C(F)(F)F. The highest BCUT2D eigenvalue weighted by atomic mass is 35.5. The van der Waals surface area contributed by atoms with E-state index < -0.39 is 24.4 Å². The number of halogens is 4. The first-order valence-electron chi connectivity index (χ1n) is 6.43. The maximum absolute atomic E-state index is 13.1. The zero-order valence-electron chi connectivity index (χ0n) is 11.6. The smallest absolute Gasteiger partial charge is 0.418 e. The summed E-state index contributed by atoms with van der Waals surface area (Å²) in [4.78, 5) is 11.6. The number of ether oxygens (including phenoxy) is 2. The molecule has 0 aromatic heterocycles. The van der Waals surface area contributed by atoms with Gasteiger partial charge in [-0.2, -0.15) is 13.2 Å². The van der Waals surface area contributed by atoms with Crippen molar-refractivity contribution in [1.29, 1.82) is 0 Å². The Morgan fingerprint density at radius 1 is 1.24 bits per heavy atom. The van der Waals surface area contributed by atoms with Crippen LogP contribution in [0.3, 0.4) is 0 Å². The summed E-state index contributed by atoms with van der Waals surface area (Å²) in [5.74, 6) is -0.803. The van der Waals surface area contributed by atoms with Gasteiger partial charge in [0.15, 0.2) is 12.2 Å². The van der Waals surface area contributed by atoms with Crippen molar-refractivity contribution < 1.29 is 27.4 Å². The van der Waals surface area contributed by atoms with Crippen LogP contribution in [0.5, 0.6) is 0 Å². The number of rotatable bonds is 6. The lowest BCUT2D eigenvalue weighted by Gasteiger charge is -2.25. The standard InChI is InChI=1S/C14H16ClF3O3/c1-3-11(13(19)20-4-2)21-12(14(16,17)18)9-5-7-10(15)8-6-9/h5-8,11-12H,3-4H2,1-2H3. The Morgan fingerprint density at radius 2 is 1.81 bits per heavy atom. The lowest BCUT2D eigenvalue weighted by atomic mass is 10.1. The number of carbonyl (C=O) groups is 1. The first-order valence-corrected chi connectivity index (χ1v) is 6.81. The van der Waals surface area contributed by atoms with E-state index in [0.29, 0.717) is 5.02 Å². The Hall–Kier alpha value is -1.27. The monoisotopic (exact) mass is 324 g/mol. The second-order valence-electron chi connectivity index (χ2n) is 4.26. The molecule has 0 aliphatic heterocycles. The quantitative estimate of drug-likeness (QED) is 0.732. The molecule has 1 aromatic carbocycles. The van der Waals surface area contributed by atoms with Crippen LogP contribution in [-0.2, 0) is 14.3 Å². The summed E-state index contributed by atoms with van der Waals surface area (Å²) in [6.07, 6.45) is -8.04. The molecular weight excluding hydrogens is 309 g/mol. The summed E-state index contributed by atoms with van der Waals surface area (Å²) < 4.78 is 49.1. The van der Waals surface area contributed by atoms with Gasteiger partial charge in [-0.15, -0.1) is 0 Å². The fraction of sp³-hybridized carbons (Fsp3) is 0.500. The van der Waals surface area contributed by atoms with E-state index in [9.17, 15) is 18.0 Å². The van der Waals surface area contributed by atoms with E-state index in [2.05, 4.69) is 0 Å². The molecule has 0 N–H and O–H groups in total. The van der Waals surface area contributed by atoms with Gasteiger partial charge in [0.05, 0.1) is 6.61 Å². The third-order valence-corrected chi connectivity index (χ3v) is 2.94. The van der Waals surface area contributed by atoms with E-state index in [0.717, 1.165) is 0 Å². The van der Waals surface area contributed by atoms with Gasteiger partial charge in [-0.1, -0.05) is 30.7 Å². The molecule has 0 heterocycles. The average molecular weight is 325 g/mol. The molecule has 1 rings (SSSR count). The van der Waals surface area contributed by atoms with Crippen molar-refractivity contribution in [2.75, 3.05) is 6.61 Å². The number of hydrogen-bond donors (Lipinski definition) is 0. The molecule has 0 saturated heterocycles. The Morgan fingerprint density at radius 3 is 2.24 bits per heavy atom. The average Bonchev–Trinajstić information content (AvgIpc) is 2.40. The fourth-order valence-corrected chi connectivity index (χ4v) is 1.83. The molecule has 3 nitrogen and oxygen atoms in total. The summed E-state index contributed by atoms with van der Waals surface area (Å²) in [5.41, 5.74) is -0.116. The van der Waals surface area contributed by atoms with Crippen LogP contribution in [0.15, 0.2) is 24.3 Å². The van der Waals surface area contributed by atoms with E-state index in [-0.39, 0.29) is 18.6 Å². The van der Waals surface area contributed by atoms with Gasteiger partial charge in [-0.3, -0.25) is 0 Å². The van der Waals surface area contributed by atoms with Crippen LogP contribution in [0.25, 0.3) is 0 Å². The van der Waals surface area contributed by atoms with Gasteiger partial charge in [0.1, 0.15) is 0 Å². The number of hydrogen-bond acceptors (Lipinski definition) is 3. The number of esters is 1. The predicted molar refractivity (Wildman–Crippen MR) is 72.0 cm³/mol. The molecule has 7 heteroatoms. The predicted octanol–water partition coefficient (Wildman–Crippen LogP) is 4.30. The first-order chi connectivity index (χ1) is 9.79. The summed E-state index contributed by atoms with van der Waals surface area (Å²) in [6, 6.07) is 5.12. The Bertz CT molecular complexity index is 460. The number of carbonyl (C=O) groups excluding carboxylic acids is 1. The maximum atomic E-state index is 13.1. The van der Waals surface area contributed by atoms with Gasteiger partial charge in [0, 0.05) is 5.02 Å². The first kappa shape index (κ1) is 17.8. The lowest BCUT2D eigenvalue weighted by Crippen LogP contribution is -2.33. The highest BCUT2D eigenvalue weighted by Gasteiger charge is 2.44. The van der Waals surface area contributed by atoms with Gasteiger partial charge >= 0.3 is 12.1 Å². The normalized spacial score (nSPS) is 14.6. The van der Waals surface area contributed by atoms with E-state index >= 15 is 0 Å². The van der Waals surface area contributed by atoms with Crippen LogP contribution < -0.4 is 0 Å². The van der Waals surface area contributed by atoms with Gasteiger partial charge < -0.3 is 9.47 Å². The van der Waals surface area contributed by atoms with Crippen molar-refractivity contribution in [2.24, 2.45) is 0 Å². The molecule has 0 radical (unpaired) electrons. The topological polar surface area (TPSA) is 35.5 Å². The van der Waals surface area contributed by atoms with Crippen molar-refractivity contribution in [3.8, 4) is 0 Å². The van der Waals surface area contributed by atoms with Gasteiger partial charge in [0.2, 0.25) is 0 Å². The lowest BCUT2D eigenvalue weighted by molar-refractivity contribution is -0.239. The molecule has 0 fully saturated rings. The molecule has 118 valence electrons. The molecule has 0 saturated carbocycles. The molecule has 1 aromatic rings. The van der Waals surface area contributed by atoms with Crippen LogP contribution in [0.4, 0.5) is 13.2 Å². The summed E-state index contributed by atoms with van der Waals surface area (Å²) in [5, 5.41) is 0.317. The molecular formula is C14H16ClF3O3. The van der Waals surface area contributed by atoms with E-state index in [4.69, 9.17) is 21.1 Å². The number of alkyl halides is 3. The molecule has 2 atom stereocenters. The van der Waals surface area contributed by atoms with Gasteiger partial charge in [0.25, 0.3) is 0 Å². The third kappa shape index (κ3) is 5.21. The fourth-order valence-electron chi connectivity index (χ4n) is 1.70. The van der Waals surface area contributed by atoms with Crippen LogP contribution in [0, 0.1) is 0 Å². The van der Waals surface area contributed by atoms with Gasteiger partial charge in [-0.05, 0) is 31.0 Å². The number of benzene rings is 1. The minimum atomic E-state index is -4.65.